The first kappa shape index (κ1) is 17.6. The van der Waals surface area contributed by atoms with Crippen LogP contribution < -0.4 is 0 Å². The minimum Gasteiger partial charge on any atom is -0.392 e. The summed E-state index contributed by atoms with van der Waals surface area (Å²) in [4.78, 5) is 10.7. The maximum absolute atomic E-state index is 10.7. The number of ether oxygens (including phenoxy) is 2. The highest BCUT2D eigenvalue weighted by atomic mass is 28.4. The lowest BCUT2D eigenvalue weighted by Gasteiger charge is -2.43. The van der Waals surface area contributed by atoms with Crippen LogP contribution in [-0.4, -0.2) is 40.2 Å². The van der Waals surface area contributed by atoms with Crippen molar-refractivity contribution in [1.82, 2.24) is 0 Å². The predicted molar refractivity (Wildman–Crippen MR) is 82.2 cm³/mol. The third kappa shape index (κ3) is 4.01. The first-order valence-corrected chi connectivity index (χ1v) is 10.0. The van der Waals surface area contributed by atoms with Crippen LogP contribution in [-0.2, 0) is 18.7 Å². The van der Waals surface area contributed by atoms with Crippen molar-refractivity contribution >= 4 is 14.6 Å². The number of carbonyl (C=O) groups is 1. The molecule has 3 atom stereocenters. The van der Waals surface area contributed by atoms with Crippen molar-refractivity contribution in [3.05, 3.63) is 11.6 Å². The van der Waals surface area contributed by atoms with Gasteiger partial charge in [-0.2, -0.15) is 0 Å². The highest BCUT2D eigenvalue weighted by molar-refractivity contribution is 6.74. The van der Waals surface area contributed by atoms with E-state index in [9.17, 15) is 4.79 Å². The second-order valence-corrected chi connectivity index (χ2v) is 11.6. The smallest absolute Gasteiger partial charge is 0.195 e. The monoisotopic (exact) mass is 300 g/mol. The standard InChI is InChI=1S/C15H28O4Si/c1-11-12(8-9-16)13(17-5)10-14(18-11)19-20(6,7)15(2,3)4/h8-9,11,13-14H,10H2,1-7H3/b12-8-/t11-,13-,14-/m0/s1. The Morgan fingerprint density at radius 1 is 1.35 bits per heavy atom. The minimum atomic E-state index is -1.87. The SMILES string of the molecule is CO[C@H]1C[C@H](O[Si](C)(C)C(C)(C)C)O[C@@H](C)/C1=C/C=O. The molecule has 0 radical (unpaired) electrons. The van der Waals surface area contributed by atoms with Gasteiger partial charge in [0.25, 0.3) is 0 Å². The first-order valence-electron chi connectivity index (χ1n) is 7.13. The van der Waals surface area contributed by atoms with E-state index in [0.29, 0.717) is 6.42 Å². The molecule has 0 aliphatic carbocycles. The van der Waals surface area contributed by atoms with E-state index in [1.54, 1.807) is 13.2 Å². The highest BCUT2D eigenvalue weighted by Gasteiger charge is 2.42. The molecule has 4 nitrogen and oxygen atoms in total. The van der Waals surface area contributed by atoms with Gasteiger partial charge >= 0.3 is 0 Å². The van der Waals surface area contributed by atoms with Gasteiger partial charge < -0.3 is 13.9 Å². The van der Waals surface area contributed by atoms with Gasteiger partial charge in [0.1, 0.15) is 6.29 Å². The van der Waals surface area contributed by atoms with Crippen LogP contribution in [0.25, 0.3) is 0 Å². The summed E-state index contributed by atoms with van der Waals surface area (Å²) in [6, 6.07) is 0. The van der Waals surface area contributed by atoms with Crippen molar-refractivity contribution in [2.45, 2.75) is 70.7 Å². The fraction of sp³-hybridized carbons (Fsp3) is 0.800. The van der Waals surface area contributed by atoms with E-state index >= 15 is 0 Å². The molecule has 1 saturated heterocycles. The van der Waals surface area contributed by atoms with Gasteiger partial charge in [-0.25, -0.2) is 0 Å². The van der Waals surface area contributed by atoms with E-state index in [0.717, 1.165) is 11.9 Å². The van der Waals surface area contributed by atoms with Gasteiger partial charge in [-0.1, -0.05) is 20.8 Å². The largest absolute Gasteiger partial charge is 0.392 e. The van der Waals surface area contributed by atoms with Gasteiger partial charge in [0.2, 0.25) is 0 Å². The number of allylic oxidation sites excluding steroid dienone is 1. The van der Waals surface area contributed by atoms with Crippen molar-refractivity contribution < 1.29 is 18.7 Å². The Labute approximate surface area is 123 Å². The third-order valence-electron chi connectivity index (χ3n) is 4.38. The zero-order valence-corrected chi connectivity index (χ0v) is 14.7. The van der Waals surface area contributed by atoms with Gasteiger partial charge in [0.15, 0.2) is 14.6 Å². The molecule has 0 unspecified atom stereocenters. The molecule has 20 heavy (non-hydrogen) atoms. The average Bonchev–Trinajstić information content (AvgIpc) is 2.30. The number of aldehydes is 1. The maximum Gasteiger partial charge on any atom is 0.195 e. The van der Waals surface area contributed by atoms with Gasteiger partial charge in [-0.3, -0.25) is 4.79 Å². The van der Waals surface area contributed by atoms with Crippen LogP contribution in [0.3, 0.4) is 0 Å². The Balaban J connectivity index is 2.82. The molecule has 0 bridgehead atoms. The third-order valence-corrected chi connectivity index (χ3v) is 8.85. The molecule has 1 heterocycles. The lowest BCUT2D eigenvalue weighted by molar-refractivity contribution is -0.155. The number of carbonyl (C=O) groups excluding carboxylic acids is 1. The Bertz CT molecular complexity index is 371. The summed E-state index contributed by atoms with van der Waals surface area (Å²) in [5.74, 6) is 0. The molecule has 0 amide bonds. The topological polar surface area (TPSA) is 44.8 Å². The molecule has 0 N–H and O–H groups in total. The van der Waals surface area contributed by atoms with Gasteiger partial charge in [0, 0.05) is 13.5 Å². The number of methoxy groups -OCH3 is 1. The van der Waals surface area contributed by atoms with Crippen molar-refractivity contribution in [3.8, 4) is 0 Å². The maximum atomic E-state index is 10.7. The molecule has 0 aromatic carbocycles. The van der Waals surface area contributed by atoms with E-state index < -0.39 is 8.32 Å². The Morgan fingerprint density at radius 2 is 1.95 bits per heavy atom. The van der Waals surface area contributed by atoms with E-state index in [1.165, 1.54) is 0 Å². The van der Waals surface area contributed by atoms with Crippen LogP contribution in [0, 0.1) is 0 Å². The van der Waals surface area contributed by atoms with Crippen LogP contribution in [0.1, 0.15) is 34.1 Å². The Morgan fingerprint density at radius 3 is 2.40 bits per heavy atom. The molecule has 116 valence electrons. The summed E-state index contributed by atoms with van der Waals surface area (Å²) in [6.45, 7) is 13.0. The summed E-state index contributed by atoms with van der Waals surface area (Å²) >= 11 is 0. The fourth-order valence-corrected chi connectivity index (χ4v) is 3.23. The highest BCUT2D eigenvalue weighted by Crippen LogP contribution is 2.39. The Hall–Kier alpha value is -0.493. The molecule has 1 aliphatic heterocycles. The molecule has 5 heteroatoms. The second kappa shape index (κ2) is 6.51. The van der Waals surface area contributed by atoms with Crippen LogP contribution in [0.15, 0.2) is 11.6 Å². The summed E-state index contributed by atoms with van der Waals surface area (Å²) in [5, 5.41) is 0.140. The fourth-order valence-electron chi connectivity index (χ4n) is 2.07. The number of rotatable bonds is 4. The molecule has 0 aromatic heterocycles. The van der Waals surface area contributed by atoms with Crippen LogP contribution >= 0.6 is 0 Å². The summed E-state index contributed by atoms with van der Waals surface area (Å²) < 4.78 is 17.7. The Kier molecular flexibility index (Phi) is 5.72. The summed E-state index contributed by atoms with van der Waals surface area (Å²) in [5.41, 5.74) is 0.887. The van der Waals surface area contributed by atoms with Gasteiger partial charge in [-0.05, 0) is 36.7 Å². The average molecular weight is 300 g/mol. The molecule has 0 spiro atoms. The lowest BCUT2D eigenvalue weighted by atomic mass is 9.98. The van der Waals surface area contributed by atoms with Crippen molar-refractivity contribution in [3.63, 3.8) is 0 Å². The van der Waals surface area contributed by atoms with E-state index in [1.807, 2.05) is 6.92 Å². The summed E-state index contributed by atoms with van der Waals surface area (Å²) in [7, 11) is -0.217. The van der Waals surface area contributed by atoms with Crippen molar-refractivity contribution in [2.75, 3.05) is 7.11 Å². The van der Waals surface area contributed by atoms with Crippen molar-refractivity contribution in [2.24, 2.45) is 0 Å². The molecule has 0 saturated carbocycles. The molecule has 1 rings (SSSR count). The molecular weight excluding hydrogens is 272 g/mol. The zero-order valence-electron chi connectivity index (χ0n) is 13.7. The second-order valence-electron chi connectivity index (χ2n) is 6.85. The zero-order chi connectivity index (χ0) is 15.6. The van der Waals surface area contributed by atoms with Crippen LogP contribution in [0.4, 0.5) is 0 Å². The minimum absolute atomic E-state index is 0.112. The van der Waals surface area contributed by atoms with Crippen LogP contribution in [0.2, 0.25) is 18.1 Å². The molecule has 1 fully saturated rings. The predicted octanol–water partition coefficient (Wildman–Crippen LogP) is 3.28. The van der Waals surface area contributed by atoms with Gasteiger partial charge in [-0.15, -0.1) is 0 Å². The van der Waals surface area contributed by atoms with E-state index in [-0.39, 0.29) is 23.5 Å². The molecule has 0 aromatic rings. The number of hydrogen-bond acceptors (Lipinski definition) is 4. The molecule has 1 aliphatic rings. The molecular formula is C15H28O4Si. The van der Waals surface area contributed by atoms with Gasteiger partial charge in [0.05, 0.1) is 12.2 Å². The normalized spacial score (nSPS) is 30.6. The van der Waals surface area contributed by atoms with Crippen molar-refractivity contribution in [1.29, 1.82) is 0 Å². The first-order chi connectivity index (χ1) is 9.12. The quantitative estimate of drug-likeness (QED) is 0.454. The van der Waals surface area contributed by atoms with E-state index in [4.69, 9.17) is 13.9 Å². The number of hydrogen-bond donors (Lipinski definition) is 0. The summed E-state index contributed by atoms with van der Waals surface area (Å²) in [6.07, 6.45) is 2.43. The van der Waals surface area contributed by atoms with E-state index in [2.05, 4.69) is 33.9 Å². The lowest BCUT2D eigenvalue weighted by Crippen LogP contribution is -2.48. The van der Waals surface area contributed by atoms with Crippen LogP contribution in [0.5, 0.6) is 0 Å².